The van der Waals surface area contributed by atoms with Crippen molar-refractivity contribution in [3.63, 3.8) is 0 Å². The van der Waals surface area contributed by atoms with E-state index in [1.807, 2.05) is 116 Å². The van der Waals surface area contributed by atoms with Crippen LogP contribution in [0.15, 0.2) is 0 Å². The van der Waals surface area contributed by atoms with Gasteiger partial charge in [-0.1, -0.05) is 90.0 Å². The summed E-state index contributed by atoms with van der Waals surface area (Å²) >= 11 is 0. The predicted octanol–water partition coefficient (Wildman–Crippen LogP) is 4.71. The number of carbonyl (C=O) groups is 8. The minimum atomic E-state index is -0.444. The zero-order chi connectivity index (χ0) is 56.6. The fourth-order valence-electron chi connectivity index (χ4n) is 6.39. The second kappa shape index (κ2) is 32.7. The highest BCUT2D eigenvalue weighted by molar-refractivity contribution is 5.93. The summed E-state index contributed by atoms with van der Waals surface area (Å²) in [7, 11) is 17.7. The second-order valence-corrected chi connectivity index (χ2v) is 22.8. The quantitative estimate of drug-likeness (QED) is 0.160. The maximum absolute atomic E-state index is 12.2. The summed E-state index contributed by atoms with van der Waals surface area (Å²) in [6.45, 7) is 34.2. The summed E-state index contributed by atoms with van der Waals surface area (Å²) in [5.74, 6) is 0.0736. The first-order chi connectivity index (χ1) is 31.4. The number of Topliss-reactive ketones (excluding diaryl/α,β-unsaturated/α-hetero) is 4. The van der Waals surface area contributed by atoms with E-state index in [4.69, 9.17) is 11.5 Å². The van der Waals surface area contributed by atoms with Crippen molar-refractivity contribution < 1.29 is 38.4 Å². The highest BCUT2D eigenvalue weighted by Gasteiger charge is 2.35. The smallest absolute Gasteiger partial charge is 0.320 e. The molecule has 5 N–H and O–H groups in total. The number of nitrogens with one attached hydrogen (secondary N) is 1. The van der Waals surface area contributed by atoms with Crippen LogP contribution in [0.3, 0.4) is 0 Å². The van der Waals surface area contributed by atoms with Crippen molar-refractivity contribution in [1.29, 1.82) is 0 Å². The normalized spacial score (nSPS) is 13.2. The third-order valence-corrected chi connectivity index (χ3v) is 11.6. The largest absolute Gasteiger partial charge is 0.344 e. The molecule has 0 rings (SSSR count). The molecule has 0 fully saturated rings. The molecule has 0 aliphatic carbocycles. The van der Waals surface area contributed by atoms with Crippen LogP contribution in [-0.4, -0.2) is 227 Å². The zero-order valence-corrected chi connectivity index (χ0v) is 49.2. The molecule has 0 saturated heterocycles. The molecule has 0 aromatic rings. The molecular formula is C51H105N11O8. The fourth-order valence-corrected chi connectivity index (χ4v) is 6.39. The summed E-state index contributed by atoms with van der Waals surface area (Å²) in [5, 5.41) is 2.99. The van der Waals surface area contributed by atoms with Gasteiger partial charge >= 0.3 is 18.1 Å². The highest BCUT2D eigenvalue weighted by atomic mass is 16.2. The van der Waals surface area contributed by atoms with Crippen LogP contribution in [-0.2, 0) is 24.0 Å². The van der Waals surface area contributed by atoms with Crippen molar-refractivity contribution in [3.05, 3.63) is 0 Å². The van der Waals surface area contributed by atoms with Crippen LogP contribution in [0.5, 0.6) is 0 Å². The molecule has 0 spiro atoms. The van der Waals surface area contributed by atoms with E-state index in [1.165, 1.54) is 19.6 Å². The van der Waals surface area contributed by atoms with Gasteiger partial charge in [0.05, 0.1) is 18.1 Å². The maximum atomic E-state index is 12.2. The topological polar surface area (TPSA) is 227 Å². The second-order valence-electron chi connectivity index (χ2n) is 22.8. The predicted molar refractivity (Wildman–Crippen MR) is 286 cm³/mol. The Kier molecular flexibility index (Phi) is 33.8. The SMILES string of the molecule is CC(C(=O)C(C)(C)C)N(C)C(=O)N(C)CCN.CC(C(=O)C(C)(C)C)N(C)C(=O)N(C)CCN(C)C.CC(CC(=O)N(C)CCN)C(=O)C(C)(C)C.CNCCN(C)C(=O)N(C)C(C)C(=O)C(C)(C)C. The van der Waals surface area contributed by atoms with Gasteiger partial charge < -0.3 is 56.0 Å². The molecule has 0 radical (unpaired) electrons. The number of amides is 7. The Morgan fingerprint density at radius 3 is 0.943 bits per heavy atom. The minimum Gasteiger partial charge on any atom is -0.344 e. The molecule has 0 aliphatic rings. The molecule has 0 aliphatic heterocycles. The van der Waals surface area contributed by atoms with E-state index >= 15 is 0 Å². The van der Waals surface area contributed by atoms with E-state index in [-0.39, 0.29) is 64.9 Å². The van der Waals surface area contributed by atoms with Crippen LogP contribution in [0.4, 0.5) is 14.4 Å². The molecule has 0 aromatic carbocycles. The number of urea groups is 3. The summed E-state index contributed by atoms with van der Waals surface area (Å²) < 4.78 is 0. The van der Waals surface area contributed by atoms with Gasteiger partial charge in [-0.2, -0.15) is 0 Å². The molecule has 4 unspecified atom stereocenters. The van der Waals surface area contributed by atoms with Crippen molar-refractivity contribution in [2.24, 2.45) is 39.0 Å². The van der Waals surface area contributed by atoms with Crippen molar-refractivity contribution in [1.82, 2.24) is 44.5 Å². The van der Waals surface area contributed by atoms with Crippen LogP contribution >= 0.6 is 0 Å². The Balaban J connectivity index is -0.000000416. The molecule has 412 valence electrons. The summed E-state index contributed by atoms with van der Waals surface area (Å²) in [5.41, 5.74) is 9.07. The first-order valence-corrected chi connectivity index (χ1v) is 24.5. The van der Waals surface area contributed by atoms with E-state index in [2.05, 4.69) is 5.32 Å². The Bertz CT molecular complexity index is 1630. The van der Waals surface area contributed by atoms with Gasteiger partial charge in [0.15, 0.2) is 17.3 Å². The molecule has 19 nitrogen and oxygen atoms in total. The molecule has 0 heterocycles. The molecule has 0 saturated carbocycles. The summed E-state index contributed by atoms with van der Waals surface area (Å²) in [6.07, 6.45) is 0.270. The fraction of sp³-hybridized carbons (Fsp3) is 0.843. The lowest BCUT2D eigenvalue weighted by Gasteiger charge is -2.32. The number of ketones is 4. The Morgan fingerprint density at radius 1 is 0.414 bits per heavy atom. The average molecular weight is 1000 g/mol. The van der Waals surface area contributed by atoms with Gasteiger partial charge in [-0.3, -0.25) is 24.0 Å². The first kappa shape index (κ1) is 72.3. The van der Waals surface area contributed by atoms with E-state index in [1.54, 1.807) is 84.8 Å². The molecular weight excluding hydrogens is 895 g/mol. The third-order valence-electron chi connectivity index (χ3n) is 11.6. The Morgan fingerprint density at radius 2 is 0.686 bits per heavy atom. The van der Waals surface area contributed by atoms with Gasteiger partial charge in [0.1, 0.15) is 5.78 Å². The van der Waals surface area contributed by atoms with Crippen LogP contribution < -0.4 is 16.8 Å². The number of hydrogen-bond acceptors (Lipinski definition) is 12. The van der Waals surface area contributed by atoms with E-state index in [0.717, 1.165) is 13.1 Å². The lowest BCUT2D eigenvalue weighted by Crippen LogP contribution is -2.50. The Labute approximate surface area is 426 Å². The zero-order valence-electron chi connectivity index (χ0n) is 49.2. The molecule has 7 amide bonds. The molecule has 19 heteroatoms. The van der Waals surface area contributed by atoms with E-state index in [0.29, 0.717) is 39.3 Å². The monoisotopic (exact) mass is 1000 g/mol. The van der Waals surface area contributed by atoms with Gasteiger partial charge in [-0.05, 0) is 41.9 Å². The van der Waals surface area contributed by atoms with Crippen LogP contribution in [0.25, 0.3) is 0 Å². The van der Waals surface area contributed by atoms with E-state index in [9.17, 15) is 38.4 Å². The summed E-state index contributed by atoms with van der Waals surface area (Å²) in [6, 6.07) is -1.67. The number of likely N-dealkylation sites (N-methyl/N-ethyl adjacent to an activating group) is 9. The van der Waals surface area contributed by atoms with Gasteiger partial charge in [-0.15, -0.1) is 0 Å². The number of hydrogen-bond donors (Lipinski definition) is 3. The Hall–Kier alpha value is -4.20. The number of nitrogens with two attached hydrogens (primary N) is 2. The third kappa shape index (κ3) is 28.0. The average Bonchev–Trinajstić information content (AvgIpc) is 3.25. The van der Waals surface area contributed by atoms with E-state index < -0.39 is 34.4 Å². The van der Waals surface area contributed by atoms with Crippen molar-refractivity contribution >= 4 is 47.1 Å². The number of rotatable bonds is 19. The molecule has 0 aromatic heterocycles. The lowest BCUT2D eigenvalue weighted by molar-refractivity contribution is -0.137. The van der Waals surface area contributed by atoms with Gasteiger partial charge in [-0.25, -0.2) is 14.4 Å². The highest BCUT2D eigenvalue weighted by Crippen LogP contribution is 2.23. The van der Waals surface area contributed by atoms with Gasteiger partial charge in [0.2, 0.25) is 5.91 Å². The molecule has 70 heavy (non-hydrogen) atoms. The van der Waals surface area contributed by atoms with Crippen LogP contribution in [0.1, 0.15) is 117 Å². The van der Waals surface area contributed by atoms with Crippen molar-refractivity contribution in [2.75, 3.05) is 123 Å². The summed E-state index contributed by atoms with van der Waals surface area (Å²) in [4.78, 5) is 109. The van der Waals surface area contributed by atoms with Crippen molar-refractivity contribution in [2.45, 2.75) is 135 Å². The van der Waals surface area contributed by atoms with Crippen molar-refractivity contribution in [3.8, 4) is 0 Å². The first-order valence-electron chi connectivity index (χ1n) is 24.5. The van der Waals surface area contributed by atoms with Crippen LogP contribution in [0.2, 0.25) is 0 Å². The minimum absolute atomic E-state index is 0.0180. The standard InChI is InChI=1S/C14H29N3O2.C13H27N3O2.C12H25N3O2.C12H24N2O2/c1-11(12(18)14(2,3)4)17(8)13(19)16(7)10-9-15(5)6;1-10(11(17)13(2,3)4)16(7)12(18)15(6)9-8-14-5;1-9(10(16)12(2,3)4)15(6)11(17)14(5)8-7-13;1-9(11(16)12(2,3)4)8-10(15)14(5)7-6-13/h11H,9-10H2,1-8H3;10,14H,8-9H2,1-7H3;9H,7-8,13H2,1-6H3;9H,6-8,13H2,1-5H3. The molecule has 4 atom stereocenters. The number of carbonyl (C=O) groups excluding carboxylic acids is 8. The lowest BCUT2D eigenvalue weighted by atomic mass is 9.82. The maximum Gasteiger partial charge on any atom is 0.320 e. The van der Waals surface area contributed by atoms with Gasteiger partial charge in [0, 0.05) is 136 Å². The van der Waals surface area contributed by atoms with Crippen LogP contribution in [0, 0.1) is 27.6 Å². The number of nitrogens with zero attached hydrogens (tertiary/aromatic N) is 8. The molecule has 0 bridgehead atoms. The van der Waals surface area contributed by atoms with Gasteiger partial charge in [0.25, 0.3) is 0 Å².